The lowest BCUT2D eigenvalue weighted by atomic mass is 9.96. The van der Waals surface area contributed by atoms with Gasteiger partial charge >= 0.3 is 12.2 Å². The Kier molecular flexibility index (Phi) is 7.27. The molecule has 0 spiro atoms. The molecule has 3 N–H and O–H groups in total. The van der Waals surface area contributed by atoms with E-state index >= 15 is 0 Å². The van der Waals surface area contributed by atoms with Crippen LogP contribution in [0.1, 0.15) is 36.3 Å². The maximum absolute atomic E-state index is 13.4. The minimum Gasteiger partial charge on any atom is -0.463 e. The van der Waals surface area contributed by atoms with Crippen LogP contribution in [0.15, 0.2) is 46.9 Å². The number of alkyl halides is 3. The van der Waals surface area contributed by atoms with Gasteiger partial charge in [0.15, 0.2) is 0 Å². The van der Waals surface area contributed by atoms with Crippen molar-refractivity contribution in [2.75, 3.05) is 19.6 Å². The van der Waals surface area contributed by atoms with Crippen molar-refractivity contribution in [3.05, 3.63) is 59.5 Å². The molecule has 2 amide bonds. The van der Waals surface area contributed by atoms with Gasteiger partial charge in [-0.05, 0) is 37.5 Å². The highest BCUT2D eigenvalue weighted by Crippen LogP contribution is 2.42. The summed E-state index contributed by atoms with van der Waals surface area (Å²) >= 11 is 0. The highest BCUT2D eigenvalue weighted by molar-refractivity contribution is 5.74. The number of nitrogens with zero attached hydrogens (tertiary/aromatic N) is 1. The molecule has 9 heteroatoms. The van der Waals surface area contributed by atoms with E-state index in [2.05, 4.69) is 27.7 Å². The third-order valence-corrected chi connectivity index (χ3v) is 5.56. The van der Waals surface area contributed by atoms with Crippen molar-refractivity contribution < 1.29 is 27.5 Å². The van der Waals surface area contributed by atoms with Gasteiger partial charge in [0.1, 0.15) is 11.5 Å². The monoisotopic (exact) mass is 439 g/mol. The maximum Gasteiger partial charge on any atom is 0.424 e. The molecule has 1 aliphatic heterocycles. The van der Waals surface area contributed by atoms with E-state index in [0.29, 0.717) is 0 Å². The molecule has 6 nitrogen and oxygen atoms in total. The first-order chi connectivity index (χ1) is 14.7. The van der Waals surface area contributed by atoms with E-state index in [4.69, 9.17) is 4.42 Å². The number of aryl methyl sites for hydroxylation is 1. The minimum atomic E-state index is -4.93. The van der Waals surface area contributed by atoms with Crippen molar-refractivity contribution in [1.29, 1.82) is 0 Å². The molecular weight excluding hydrogens is 411 g/mol. The number of aliphatic hydroxyl groups is 1. The minimum absolute atomic E-state index is 0.0405. The number of piperidine rings is 1. The molecule has 1 aliphatic rings. The fourth-order valence-corrected chi connectivity index (χ4v) is 3.73. The van der Waals surface area contributed by atoms with Crippen molar-refractivity contribution in [3.63, 3.8) is 0 Å². The number of carbonyl (C=O) groups is 1. The summed E-state index contributed by atoms with van der Waals surface area (Å²) in [6, 6.07) is 12.0. The number of amides is 2. The van der Waals surface area contributed by atoms with Gasteiger partial charge in [0, 0.05) is 38.6 Å². The highest BCUT2D eigenvalue weighted by atomic mass is 19.4. The van der Waals surface area contributed by atoms with Crippen LogP contribution < -0.4 is 10.6 Å². The Morgan fingerprint density at radius 2 is 1.84 bits per heavy atom. The Morgan fingerprint density at radius 1 is 1.16 bits per heavy atom. The first kappa shape index (κ1) is 23.1. The number of rotatable bonds is 7. The van der Waals surface area contributed by atoms with Gasteiger partial charge in [0.2, 0.25) is 5.60 Å². The summed E-state index contributed by atoms with van der Waals surface area (Å²) in [5.41, 5.74) is -1.92. The van der Waals surface area contributed by atoms with Crippen LogP contribution in [0.2, 0.25) is 0 Å². The van der Waals surface area contributed by atoms with Crippen LogP contribution in [-0.2, 0) is 12.1 Å². The fraction of sp³-hybridized carbons (Fsp3) is 0.500. The van der Waals surface area contributed by atoms with Gasteiger partial charge < -0.3 is 20.2 Å². The molecule has 2 heterocycles. The molecule has 1 aromatic heterocycles. The van der Waals surface area contributed by atoms with Gasteiger partial charge in [-0.3, -0.25) is 4.90 Å². The molecule has 1 aromatic carbocycles. The van der Waals surface area contributed by atoms with Crippen molar-refractivity contribution in [3.8, 4) is 0 Å². The van der Waals surface area contributed by atoms with E-state index in [9.17, 15) is 23.1 Å². The summed E-state index contributed by atoms with van der Waals surface area (Å²) in [5.74, 6) is -0.313. The van der Waals surface area contributed by atoms with E-state index in [1.165, 1.54) is 18.6 Å². The van der Waals surface area contributed by atoms with Gasteiger partial charge in [-0.15, -0.1) is 0 Å². The molecule has 0 bridgehead atoms. The Balaban J connectivity index is 1.43. The molecule has 2 aromatic rings. The van der Waals surface area contributed by atoms with Gasteiger partial charge in [-0.2, -0.15) is 13.2 Å². The summed E-state index contributed by atoms with van der Waals surface area (Å²) in [5, 5.41) is 15.5. The summed E-state index contributed by atoms with van der Waals surface area (Å²) in [4.78, 5) is 14.4. The van der Waals surface area contributed by atoms with Crippen LogP contribution in [0.25, 0.3) is 0 Å². The summed E-state index contributed by atoms with van der Waals surface area (Å²) < 4.78 is 45.3. The lowest BCUT2D eigenvalue weighted by Gasteiger charge is -2.32. The molecule has 1 saturated heterocycles. The average Bonchev–Trinajstić information content (AvgIpc) is 3.16. The number of carbonyl (C=O) groups excluding carboxylic acids is 1. The average molecular weight is 439 g/mol. The molecule has 0 radical (unpaired) electrons. The molecule has 170 valence electrons. The van der Waals surface area contributed by atoms with Crippen molar-refractivity contribution >= 4 is 6.03 Å². The van der Waals surface area contributed by atoms with E-state index in [1.807, 2.05) is 18.2 Å². The van der Waals surface area contributed by atoms with Gasteiger partial charge in [-0.25, -0.2) is 4.79 Å². The third-order valence-electron chi connectivity index (χ3n) is 5.56. The largest absolute Gasteiger partial charge is 0.463 e. The van der Waals surface area contributed by atoms with Crippen LogP contribution >= 0.6 is 0 Å². The van der Waals surface area contributed by atoms with Gasteiger partial charge in [-0.1, -0.05) is 30.3 Å². The number of nitrogens with one attached hydrogen (secondary N) is 2. The van der Waals surface area contributed by atoms with Crippen LogP contribution in [0.3, 0.4) is 0 Å². The Hall–Kier alpha value is -2.52. The summed E-state index contributed by atoms with van der Waals surface area (Å²) in [6.45, 7) is 3.64. The predicted octanol–water partition coefficient (Wildman–Crippen LogP) is 3.69. The highest BCUT2D eigenvalue weighted by Gasteiger charge is 2.56. The second-order valence-corrected chi connectivity index (χ2v) is 7.95. The first-order valence-corrected chi connectivity index (χ1v) is 10.3. The van der Waals surface area contributed by atoms with Crippen LogP contribution in [-0.4, -0.2) is 47.9 Å². The van der Waals surface area contributed by atoms with Crippen molar-refractivity contribution in [2.24, 2.45) is 0 Å². The lowest BCUT2D eigenvalue weighted by Crippen LogP contribution is -2.49. The normalized spacial score (nSPS) is 17.8. The summed E-state index contributed by atoms with van der Waals surface area (Å²) in [6.07, 6.45) is -4.15. The van der Waals surface area contributed by atoms with Crippen LogP contribution in [0.5, 0.6) is 0 Å². The topological polar surface area (TPSA) is 77.7 Å². The molecule has 3 rings (SSSR count). The number of hydrogen-bond acceptors (Lipinski definition) is 4. The van der Waals surface area contributed by atoms with Crippen molar-refractivity contribution in [1.82, 2.24) is 15.5 Å². The van der Waals surface area contributed by atoms with E-state index < -0.39 is 30.0 Å². The van der Waals surface area contributed by atoms with E-state index in [-0.39, 0.29) is 18.3 Å². The molecule has 0 saturated carbocycles. The lowest BCUT2D eigenvalue weighted by molar-refractivity contribution is -0.274. The van der Waals surface area contributed by atoms with Crippen LogP contribution in [0.4, 0.5) is 18.0 Å². The number of hydrogen-bond donors (Lipinski definition) is 3. The zero-order valence-corrected chi connectivity index (χ0v) is 17.4. The van der Waals surface area contributed by atoms with Gasteiger partial charge in [0.25, 0.3) is 0 Å². The second kappa shape index (κ2) is 9.74. The molecular formula is C22H28F3N3O3. The molecule has 1 fully saturated rings. The zero-order chi connectivity index (χ0) is 22.5. The number of furan rings is 1. The molecule has 31 heavy (non-hydrogen) atoms. The zero-order valence-electron chi connectivity index (χ0n) is 17.4. The molecule has 0 unspecified atom stereocenters. The fourth-order valence-electron chi connectivity index (χ4n) is 3.73. The Bertz CT molecular complexity index is 848. The molecule has 1 atom stereocenters. The van der Waals surface area contributed by atoms with E-state index in [1.54, 1.807) is 0 Å². The quantitative estimate of drug-likeness (QED) is 0.615. The standard InChI is InChI=1S/C22H28F3N3O3/c1-16-7-8-19(31-16)21(30,22(23,24)25)11-12-26-20(29)27-18-9-13-28(14-10-18)15-17-5-3-2-4-6-17/h2-8,18,30H,9-15H2,1H3,(H2,26,27,29)/t21-/m1/s1. The number of halogens is 3. The number of likely N-dealkylation sites (tertiary alicyclic amines) is 1. The Morgan fingerprint density at radius 3 is 2.42 bits per heavy atom. The van der Waals surface area contributed by atoms with E-state index in [0.717, 1.165) is 38.5 Å². The first-order valence-electron chi connectivity index (χ1n) is 10.3. The third kappa shape index (κ3) is 6.01. The van der Waals surface area contributed by atoms with Gasteiger partial charge in [0.05, 0.1) is 0 Å². The van der Waals surface area contributed by atoms with Crippen molar-refractivity contribution in [2.45, 2.75) is 50.6 Å². The second-order valence-electron chi connectivity index (χ2n) is 7.95. The van der Waals surface area contributed by atoms with Crippen LogP contribution in [0, 0.1) is 6.92 Å². The molecule has 0 aliphatic carbocycles. The number of urea groups is 1. The maximum atomic E-state index is 13.4. The predicted molar refractivity (Wildman–Crippen MR) is 109 cm³/mol. The summed E-state index contributed by atoms with van der Waals surface area (Å²) in [7, 11) is 0. The SMILES string of the molecule is Cc1ccc([C@](O)(CCNC(=O)NC2CCN(Cc3ccccc3)CC2)C(F)(F)F)o1. The Labute approximate surface area is 179 Å². The smallest absolute Gasteiger partial charge is 0.424 e. The number of benzene rings is 1.